The fourth-order valence-electron chi connectivity index (χ4n) is 3.49. The van der Waals surface area contributed by atoms with Crippen LogP contribution in [0, 0.1) is 17.5 Å². The molecule has 162 valence electrons. The molecule has 0 amide bonds. The maximum Gasteiger partial charge on any atom is 0.161 e. The van der Waals surface area contributed by atoms with Crippen molar-refractivity contribution in [3.63, 3.8) is 0 Å². The van der Waals surface area contributed by atoms with Crippen molar-refractivity contribution in [3.8, 4) is 22.3 Å². The summed E-state index contributed by atoms with van der Waals surface area (Å²) in [6.45, 7) is 3.04. The largest absolute Gasteiger partial charge is 0.209 e. The third-order valence-electron chi connectivity index (χ3n) is 5.23. The Balaban J connectivity index is 1.88. The first kappa shape index (κ1) is 22.7. The Labute approximate surface area is 179 Å². The molecule has 0 saturated carbocycles. The molecule has 31 heavy (non-hydrogen) atoms. The highest BCUT2D eigenvalue weighted by molar-refractivity contribution is 5.73. The van der Waals surface area contributed by atoms with Gasteiger partial charge in [0.05, 0.1) is 0 Å². The summed E-state index contributed by atoms with van der Waals surface area (Å²) in [5, 5.41) is 0. The van der Waals surface area contributed by atoms with Gasteiger partial charge >= 0.3 is 0 Å². The van der Waals surface area contributed by atoms with Crippen LogP contribution in [-0.4, -0.2) is 0 Å². The van der Waals surface area contributed by atoms with Crippen LogP contribution in [0.5, 0.6) is 0 Å². The van der Waals surface area contributed by atoms with E-state index in [1.54, 1.807) is 18.2 Å². The molecule has 0 unspecified atom stereocenters. The van der Waals surface area contributed by atoms with Crippen molar-refractivity contribution in [2.45, 2.75) is 39.5 Å². The van der Waals surface area contributed by atoms with Gasteiger partial charge in [-0.2, -0.15) is 0 Å². The maximum absolute atomic E-state index is 14.8. The van der Waals surface area contributed by atoms with Crippen molar-refractivity contribution in [3.05, 3.63) is 89.0 Å². The SMILES string of the molecule is CCCCCc1c(F)cc(-c2ccc(-c3ccc(C(F)=C(C)F)cc3)cc2F)cc1F. The van der Waals surface area contributed by atoms with Crippen molar-refractivity contribution in [2.75, 3.05) is 0 Å². The van der Waals surface area contributed by atoms with E-state index in [2.05, 4.69) is 0 Å². The Morgan fingerprint density at radius 2 is 1.29 bits per heavy atom. The van der Waals surface area contributed by atoms with E-state index in [1.807, 2.05) is 6.92 Å². The smallest absolute Gasteiger partial charge is 0.161 e. The molecule has 0 aliphatic carbocycles. The van der Waals surface area contributed by atoms with Gasteiger partial charge in [-0.1, -0.05) is 56.2 Å². The van der Waals surface area contributed by atoms with E-state index in [0.717, 1.165) is 31.9 Å². The summed E-state index contributed by atoms with van der Waals surface area (Å²) in [7, 11) is 0. The molecule has 0 N–H and O–H groups in total. The van der Waals surface area contributed by atoms with Gasteiger partial charge in [0.25, 0.3) is 0 Å². The Kier molecular flexibility index (Phi) is 7.26. The van der Waals surface area contributed by atoms with E-state index in [0.29, 0.717) is 24.0 Å². The van der Waals surface area contributed by atoms with Crippen LogP contribution < -0.4 is 0 Å². The zero-order chi connectivity index (χ0) is 22.5. The summed E-state index contributed by atoms with van der Waals surface area (Å²) in [6, 6.07) is 12.6. The predicted octanol–water partition coefficient (Wildman–Crippen LogP) is 8.80. The summed E-state index contributed by atoms with van der Waals surface area (Å²) in [5.74, 6) is -3.86. The summed E-state index contributed by atoms with van der Waals surface area (Å²) in [6.07, 6.45) is 2.83. The second-order valence-electron chi connectivity index (χ2n) is 7.49. The first-order valence-corrected chi connectivity index (χ1v) is 10.2. The Hall–Kier alpha value is -2.95. The number of hydrogen-bond acceptors (Lipinski definition) is 0. The van der Waals surface area contributed by atoms with Gasteiger partial charge in [-0.25, -0.2) is 22.0 Å². The number of rotatable bonds is 7. The van der Waals surface area contributed by atoms with Crippen LogP contribution >= 0.6 is 0 Å². The summed E-state index contributed by atoms with van der Waals surface area (Å²) >= 11 is 0. The third-order valence-corrected chi connectivity index (χ3v) is 5.23. The van der Waals surface area contributed by atoms with Gasteiger partial charge in [-0.05, 0) is 54.7 Å². The number of unbranched alkanes of at least 4 members (excludes halogenated alkanes) is 2. The molecule has 0 saturated heterocycles. The van der Waals surface area contributed by atoms with Crippen molar-refractivity contribution in [1.82, 2.24) is 0 Å². The van der Waals surface area contributed by atoms with Crippen LogP contribution in [0.25, 0.3) is 28.1 Å². The van der Waals surface area contributed by atoms with Crippen LogP contribution in [0.4, 0.5) is 22.0 Å². The molecule has 3 aromatic carbocycles. The van der Waals surface area contributed by atoms with Gasteiger partial charge in [0.1, 0.15) is 23.3 Å². The normalized spacial score (nSPS) is 12.1. The van der Waals surface area contributed by atoms with Crippen molar-refractivity contribution < 1.29 is 22.0 Å². The quantitative estimate of drug-likeness (QED) is 0.259. The molecular weight excluding hydrogens is 407 g/mol. The van der Waals surface area contributed by atoms with Gasteiger partial charge in [-0.3, -0.25) is 0 Å². The summed E-state index contributed by atoms with van der Waals surface area (Å²) < 4.78 is 70.3. The van der Waals surface area contributed by atoms with Gasteiger partial charge in [0.15, 0.2) is 5.83 Å². The lowest BCUT2D eigenvalue weighted by molar-refractivity contribution is 0.546. The van der Waals surface area contributed by atoms with Gasteiger partial charge in [0.2, 0.25) is 0 Å². The molecular formula is C26H23F5. The molecule has 0 nitrogen and oxygen atoms in total. The third kappa shape index (κ3) is 5.22. The minimum Gasteiger partial charge on any atom is -0.209 e. The van der Waals surface area contributed by atoms with Gasteiger partial charge in [-0.15, -0.1) is 0 Å². The average Bonchev–Trinajstić information content (AvgIpc) is 2.75. The summed E-state index contributed by atoms with van der Waals surface area (Å²) in [4.78, 5) is 0. The van der Waals surface area contributed by atoms with Crippen LogP contribution in [0.15, 0.2) is 60.4 Å². The van der Waals surface area contributed by atoms with E-state index in [9.17, 15) is 22.0 Å². The van der Waals surface area contributed by atoms with E-state index in [-0.39, 0.29) is 22.3 Å². The molecule has 0 aliphatic heterocycles. The molecule has 0 radical (unpaired) electrons. The Bertz CT molecular complexity index is 1070. The molecule has 0 bridgehead atoms. The lowest BCUT2D eigenvalue weighted by atomic mass is 9.96. The van der Waals surface area contributed by atoms with Crippen molar-refractivity contribution in [1.29, 1.82) is 0 Å². The minimum atomic E-state index is -0.949. The molecule has 0 aliphatic rings. The molecule has 0 fully saturated rings. The average molecular weight is 430 g/mol. The Morgan fingerprint density at radius 1 is 0.710 bits per heavy atom. The molecule has 0 aromatic heterocycles. The van der Waals surface area contributed by atoms with Gasteiger partial charge < -0.3 is 0 Å². The second kappa shape index (κ2) is 9.90. The summed E-state index contributed by atoms with van der Waals surface area (Å²) in [5.41, 5.74) is 1.43. The highest BCUT2D eigenvalue weighted by atomic mass is 19.2. The fourth-order valence-corrected chi connectivity index (χ4v) is 3.49. The van der Waals surface area contributed by atoms with Crippen LogP contribution in [-0.2, 0) is 6.42 Å². The van der Waals surface area contributed by atoms with E-state index < -0.39 is 29.1 Å². The lowest BCUT2D eigenvalue weighted by Crippen LogP contribution is -1.98. The van der Waals surface area contributed by atoms with Crippen molar-refractivity contribution in [2.24, 2.45) is 0 Å². The number of benzene rings is 3. The number of allylic oxidation sites excluding steroid dienone is 1. The highest BCUT2D eigenvalue weighted by Crippen LogP contribution is 2.31. The van der Waals surface area contributed by atoms with Crippen LogP contribution in [0.1, 0.15) is 44.2 Å². The van der Waals surface area contributed by atoms with Gasteiger partial charge in [0, 0.05) is 16.7 Å². The second-order valence-corrected chi connectivity index (χ2v) is 7.49. The predicted molar refractivity (Wildman–Crippen MR) is 115 cm³/mol. The highest BCUT2D eigenvalue weighted by Gasteiger charge is 2.15. The van der Waals surface area contributed by atoms with Crippen LogP contribution in [0.3, 0.4) is 0 Å². The minimum absolute atomic E-state index is 0.0270. The number of hydrogen-bond donors (Lipinski definition) is 0. The molecule has 0 spiro atoms. The maximum atomic E-state index is 14.8. The zero-order valence-electron chi connectivity index (χ0n) is 17.4. The Morgan fingerprint density at radius 3 is 1.84 bits per heavy atom. The zero-order valence-corrected chi connectivity index (χ0v) is 17.4. The molecule has 5 heteroatoms. The molecule has 0 atom stereocenters. The van der Waals surface area contributed by atoms with Crippen LogP contribution in [0.2, 0.25) is 0 Å². The standard InChI is InChI=1S/C26H23F5/c1-3-4-5-6-22-24(29)14-20(15-25(22)30)21-12-11-19(13-23(21)28)17-7-9-18(10-8-17)26(31)16(2)27/h7-15H,3-6H2,1-2H3. The first-order valence-electron chi connectivity index (χ1n) is 10.2. The fraction of sp³-hybridized carbons (Fsp3) is 0.231. The molecule has 0 heterocycles. The number of halogens is 5. The lowest BCUT2D eigenvalue weighted by Gasteiger charge is -2.11. The molecule has 3 rings (SSSR count). The van der Waals surface area contributed by atoms with Crippen molar-refractivity contribution >= 4 is 5.83 Å². The first-order chi connectivity index (χ1) is 14.8. The molecule has 3 aromatic rings. The topological polar surface area (TPSA) is 0 Å². The van der Waals surface area contributed by atoms with E-state index in [1.165, 1.54) is 24.3 Å². The van der Waals surface area contributed by atoms with E-state index in [4.69, 9.17) is 0 Å². The van der Waals surface area contributed by atoms with E-state index >= 15 is 0 Å². The monoisotopic (exact) mass is 430 g/mol.